The highest BCUT2D eigenvalue weighted by molar-refractivity contribution is 9.10. The third kappa shape index (κ3) is 5.29. The van der Waals surface area contributed by atoms with Gasteiger partial charge < -0.3 is 10.1 Å². The summed E-state index contributed by atoms with van der Waals surface area (Å²) in [6, 6.07) is 43.4. The van der Waals surface area contributed by atoms with Crippen molar-refractivity contribution in [3.05, 3.63) is 136 Å². The van der Waals surface area contributed by atoms with Gasteiger partial charge in [-0.2, -0.15) is 0 Å². The number of hydrogen-bond acceptors (Lipinski definition) is 4. The van der Waals surface area contributed by atoms with Crippen molar-refractivity contribution in [2.24, 2.45) is 0 Å². The lowest BCUT2D eigenvalue weighted by atomic mass is 9.91. The summed E-state index contributed by atoms with van der Waals surface area (Å²) < 4.78 is 7.70. The first-order chi connectivity index (χ1) is 21.1. The lowest BCUT2D eigenvalue weighted by molar-refractivity contribution is 0.417. The molecule has 0 aliphatic heterocycles. The lowest BCUT2D eigenvalue weighted by Crippen LogP contribution is -2.03. The van der Waals surface area contributed by atoms with Crippen LogP contribution in [0.25, 0.3) is 55.3 Å². The van der Waals surface area contributed by atoms with Crippen molar-refractivity contribution in [3.8, 4) is 39.3 Å². The number of pyridine rings is 2. The topological polar surface area (TPSA) is 47.0 Å². The van der Waals surface area contributed by atoms with E-state index in [2.05, 4.69) is 110 Å². The number of ether oxygens (including phenoxy) is 1. The second kappa shape index (κ2) is 11.6. The molecule has 1 N–H and O–H groups in total. The van der Waals surface area contributed by atoms with Gasteiger partial charge in [0.2, 0.25) is 0 Å². The van der Waals surface area contributed by atoms with Crippen LogP contribution < -0.4 is 10.1 Å². The van der Waals surface area contributed by atoms with Gasteiger partial charge in [-0.15, -0.1) is 0 Å². The first kappa shape index (κ1) is 27.3. The molecule has 0 fully saturated rings. The molecule has 2 heterocycles. The molecule has 0 spiro atoms. The summed E-state index contributed by atoms with van der Waals surface area (Å²) in [5.41, 5.74) is 8.65. The lowest BCUT2D eigenvalue weighted by Gasteiger charge is -2.20. The van der Waals surface area contributed by atoms with Crippen molar-refractivity contribution >= 4 is 65.2 Å². The smallest absolute Gasteiger partial charge is 0.142 e. The van der Waals surface area contributed by atoms with Gasteiger partial charge in [0, 0.05) is 25.3 Å². The van der Waals surface area contributed by atoms with E-state index < -0.39 is 0 Å². The Bertz CT molecular complexity index is 2120. The number of anilines is 2. The predicted octanol–water partition coefficient (Wildman–Crippen LogP) is 11.1. The van der Waals surface area contributed by atoms with Gasteiger partial charge >= 0.3 is 0 Å². The fourth-order valence-corrected chi connectivity index (χ4v) is 6.26. The van der Waals surface area contributed by atoms with Crippen LogP contribution in [0, 0.1) is 0 Å². The summed E-state index contributed by atoms with van der Waals surface area (Å²) in [6.07, 6.45) is 0. The van der Waals surface area contributed by atoms with E-state index in [9.17, 15) is 0 Å². The van der Waals surface area contributed by atoms with Crippen molar-refractivity contribution in [2.45, 2.75) is 0 Å². The molecule has 0 aliphatic carbocycles. The number of fused-ring (bicyclic) bond motifs is 2. The minimum atomic E-state index is 0.696. The van der Waals surface area contributed by atoms with Gasteiger partial charge in [0.15, 0.2) is 0 Å². The molecule has 7 aromatic rings. The molecule has 43 heavy (non-hydrogen) atoms. The molecule has 0 radical (unpaired) electrons. The van der Waals surface area contributed by atoms with Crippen LogP contribution in [0.4, 0.5) is 11.5 Å². The van der Waals surface area contributed by atoms with E-state index in [-0.39, 0.29) is 0 Å². The normalized spacial score (nSPS) is 11.1. The summed E-state index contributed by atoms with van der Waals surface area (Å²) in [6.45, 7) is 0. The second-order valence-electron chi connectivity index (χ2n) is 10.1. The van der Waals surface area contributed by atoms with Crippen molar-refractivity contribution in [3.63, 3.8) is 0 Å². The Morgan fingerprint density at radius 2 is 1.19 bits per heavy atom. The summed E-state index contributed by atoms with van der Waals surface area (Å²) in [5, 5.41) is 5.73. The molecular weight excluding hydrogens is 662 g/mol. The molecule has 0 amide bonds. The monoisotopic (exact) mass is 685 g/mol. The zero-order chi connectivity index (χ0) is 29.3. The minimum absolute atomic E-state index is 0.696. The fraction of sp³-hybridized carbons (Fsp3) is 0.0270. The van der Waals surface area contributed by atoms with Gasteiger partial charge in [0.05, 0.1) is 35.1 Å². The molecule has 7 rings (SSSR count). The van der Waals surface area contributed by atoms with Gasteiger partial charge in [-0.05, 0) is 71.3 Å². The Kier molecular flexibility index (Phi) is 7.39. The van der Waals surface area contributed by atoms with Crippen molar-refractivity contribution in [1.29, 1.82) is 0 Å². The quantitative estimate of drug-likeness (QED) is 0.189. The highest BCUT2D eigenvalue weighted by Gasteiger charge is 2.22. The number of nitrogens with zero attached hydrogens (tertiary/aromatic N) is 2. The maximum absolute atomic E-state index is 5.71. The molecule has 6 heteroatoms. The van der Waals surface area contributed by atoms with Crippen LogP contribution in [0.15, 0.2) is 136 Å². The average molecular weight is 687 g/mol. The first-order valence-corrected chi connectivity index (χ1v) is 15.4. The molecule has 0 aliphatic rings. The van der Waals surface area contributed by atoms with Crippen LogP contribution in [0.1, 0.15) is 0 Å². The summed E-state index contributed by atoms with van der Waals surface area (Å²) in [5.74, 6) is 1.43. The highest BCUT2D eigenvalue weighted by Crippen LogP contribution is 2.45. The van der Waals surface area contributed by atoms with Gasteiger partial charge in [-0.25, -0.2) is 9.97 Å². The number of rotatable bonds is 6. The molecule has 2 aromatic heterocycles. The maximum Gasteiger partial charge on any atom is 0.142 e. The van der Waals surface area contributed by atoms with Crippen LogP contribution in [-0.2, 0) is 0 Å². The van der Waals surface area contributed by atoms with Crippen LogP contribution in [-0.4, -0.2) is 17.1 Å². The van der Waals surface area contributed by atoms with Crippen LogP contribution in [0.2, 0.25) is 0 Å². The Balaban J connectivity index is 1.61. The van der Waals surface area contributed by atoms with E-state index in [1.165, 1.54) is 0 Å². The summed E-state index contributed by atoms with van der Waals surface area (Å²) >= 11 is 7.39. The van der Waals surface area contributed by atoms with E-state index in [0.717, 1.165) is 75.7 Å². The molecular formula is C37H25Br2N3O. The van der Waals surface area contributed by atoms with E-state index >= 15 is 0 Å². The Labute approximate surface area is 266 Å². The third-order valence-electron chi connectivity index (χ3n) is 7.48. The van der Waals surface area contributed by atoms with E-state index in [1.807, 2.05) is 54.6 Å². The molecule has 0 saturated carbocycles. The summed E-state index contributed by atoms with van der Waals surface area (Å²) in [7, 11) is 1.68. The number of hydrogen-bond donors (Lipinski definition) is 1. The van der Waals surface area contributed by atoms with Crippen LogP contribution in [0.3, 0.4) is 0 Å². The third-order valence-corrected chi connectivity index (χ3v) is 8.47. The molecule has 0 saturated heterocycles. The van der Waals surface area contributed by atoms with Crippen LogP contribution >= 0.6 is 31.9 Å². The van der Waals surface area contributed by atoms with Crippen molar-refractivity contribution < 1.29 is 4.74 Å². The highest BCUT2D eigenvalue weighted by atomic mass is 79.9. The number of aromatic nitrogens is 2. The maximum atomic E-state index is 5.71. The van der Waals surface area contributed by atoms with E-state index in [4.69, 9.17) is 14.7 Å². The fourth-order valence-electron chi connectivity index (χ4n) is 5.54. The SMILES string of the molecule is COc1ccccc1Nc1nc2ccc(Br)cc2c(-c2ccccc2)c1-c1cc(-c2ccccc2)c2cc(Br)ccc2n1. The molecule has 4 nitrogen and oxygen atoms in total. The first-order valence-electron chi connectivity index (χ1n) is 13.8. The second-order valence-corrected chi connectivity index (χ2v) is 12.0. The zero-order valence-electron chi connectivity index (χ0n) is 23.2. The van der Waals surface area contributed by atoms with Gasteiger partial charge in [0.25, 0.3) is 0 Å². The average Bonchev–Trinajstić information content (AvgIpc) is 3.05. The zero-order valence-corrected chi connectivity index (χ0v) is 26.4. The Morgan fingerprint density at radius 3 is 1.88 bits per heavy atom. The number of halogens is 2. The van der Waals surface area contributed by atoms with Gasteiger partial charge in [-0.1, -0.05) is 105 Å². The largest absolute Gasteiger partial charge is 0.495 e. The summed E-state index contributed by atoms with van der Waals surface area (Å²) in [4.78, 5) is 10.5. The minimum Gasteiger partial charge on any atom is -0.495 e. The Hall–Kier alpha value is -4.52. The number of nitrogens with one attached hydrogen (secondary N) is 1. The molecule has 0 atom stereocenters. The van der Waals surface area contributed by atoms with E-state index in [0.29, 0.717) is 5.82 Å². The molecule has 208 valence electrons. The molecule has 0 bridgehead atoms. The van der Waals surface area contributed by atoms with Gasteiger partial charge in [-0.3, -0.25) is 0 Å². The standard InChI is InChI=1S/C37H25Br2N3O/c1-43-34-15-9-8-14-32(34)42-37-36(35(24-12-6-3-7-13-24)29-21-26(39)17-19-31(29)41-37)33-22-27(23-10-4-2-5-11-23)28-20-25(38)16-18-30(28)40-33/h2-22H,1H3,(H,41,42). The van der Waals surface area contributed by atoms with E-state index in [1.54, 1.807) is 7.11 Å². The van der Waals surface area contributed by atoms with Crippen molar-refractivity contribution in [1.82, 2.24) is 9.97 Å². The number of para-hydroxylation sites is 2. The van der Waals surface area contributed by atoms with Crippen LogP contribution in [0.5, 0.6) is 5.75 Å². The van der Waals surface area contributed by atoms with Gasteiger partial charge in [0.1, 0.15) is 11.6 Å². The molecule has 5 aromatic carbocycles. The van der Waals surface area contributed by atoms with Crippen molar-refractivity contribution in [2.75, 3.05) is 12.4 Å². The Morgan fingerprint density at radius 1 is 0.581 bits per heavy atom. The molecule has 0 unspecified atom stereocenters. The number of benzene rings is 5. The number of methoxy groups -OCH3 is 1. The predicted molar refractivity (Wildman–Crippen MR) is 185 cm³/mol.